The lowest BCUT2D eigenvalue weighted by Gasteiger charge is -2.30. The van der Waals surface area contributed by atoms with Crippen LogP contribution in [0, 0.1) is 13.8 Å². The monoisotopic (exact) mass is 405 g/mol. The predicted octanol–water partition coefficient (Wildman–Crippen LogP) is 0.775. The molecule has 2 aromatic rings. The zero-order chi connectivity index (χ0) is 20.1. The van der Waals surface area contributed by atoms with Crippen molar-refractivity contribution in [2.45, 2.75) is 24.8 Å². The highest BCUT2D eigenvalue weighted by molar-refractivity contribution is 7.92. The van der Waals surface area contributed by atoms with Crippen molar-refractivity contribution in [1.82, 2.24) is 0 Å². The van der Waals surface area contributed by atoms with Gasteiger partial charge in [-0.3, -0.25) is 4.31 Å². The molecule has 1 heterocycles. The molecule has 0 bridgehead atoms. The molecule has 3 rings (SSSR count). The van der Waals surface area contributed by atoms with E-state index >= 15 is 0 Å². The largest absolute Gasteiger partial charge is 0.385 e. The lowest BCUT2D eigenvalue weighted by molar-refractivity contribution is -0.910. The van der Waals surface area contributed by atoms with E-state index in [0.717, 1.165) is 24.2 Å². The van der Waals surface area contributed by atoms with Crippen molar-refractivity contribution in [3.8, 4) is 0 Å². The van der Waals surface area contributed by atoms with Gasteiger partial charge in [0.05, 0.1) is 30.3 Å². The third-order valence-corrected chi connectivity index (χ3v) is 6.81. The number of aliphatic hydroxyl groups excluding tert-OH is 1. The van der Waals surface area contributed by atoms with E-state index in [2.05, 4.69) is 0 Å². The molecule has 1 aliphatic heterocycles. The third-order valence-electron chi connectivity index (χ3n) is 5.00. The molecule has 0 saturated carbocycles. The Hall–Kier alpha value is -1.93. The zero-order valence-electron chi connectivity index (χ0n) is 16.5. The summed E-state index contributed by atoms with van der Waals surface area (Å²) in [5.74, 6) is 0. The van der Waals surface area contributed by atoms with E-state index in [4.69, 9.17) is 4.74 Å². The van der Waals surface area contributed by atoms with Gasteiger partial charge in [0.2, 0.25) is 0 Å². The number of benzene rings is 2. The van der Waals surface area contributed by atoms with Crippen LogP contribution in [-0.4, -0.2) is 59.0 Å². The summed E-state index contributed by atoms with van der Waals surface area (Å²) < 4.78 is 33.4. The summed E-state index contributed by atoms with van der Waals surface area (Å²) in [6, 6.07) is 14.2. The highest BCUT2D eigenvalue weighted by Gasteiger charge is 2.29. The van der Waals surface area contributed by atoms with Crippen molar-refractivity contribution < 1.29 is 23.2 Å². The van der Waals surface area contributed by atoms with Crippen LogP contribution in [0.5, 0.6) is 0 Å². The van der Waals surface area contributed by atoms with Gasteiger partial charge < -0.3 is 14.7 Å². The van der Waals surface area contributed by atoms with E-state index in [1.807, 2.05) is 32.0 Å². The van der Waals surface area contributed by atoms with Gasteiger partial charge in [0, 0.05) is 0 Å². The van der Waals surface area contributed by atoms with Crippen molar-refractivity contribution in [2.75, 3.05) is 43.7 Å². The van der Waals surface area contributed by atoms with Gasteiger partial charge >= 0.3 is 0 Å². The molecule has 2 aromatic carbocycles. The average molecular weight is 406 g/mol. The normalized spacial score (nSPS) is 16.7. The van der Waals surface area contributed by atoms with Crippen LogP contribution in [0.3, 0.4) is 0 Å². The molecule has 1 saturated heterocycles. The highest BCUT2D eigenvalue weighted by atomic mass is 32.2. The van der Waals surface area contributed by atoms with Crippen LogP contribution in [0.2, 0.25) is 0 Å². The number of aryl methyl sites for hydroxylation is 2. The molecule has 0 amide bonds. The van der Waals surface area contributed by atoms with Crippen LogP contribution in [0.4, 0.5) is 5.69 Å². The molecule has 1 aliphatic rings. The second-order valence-electron chi connectivity index (χ2n) is 7.41. The van der Waals surface area contributed by atoms with E-state index in [1.165, 1.54) is 9.21 Å². The molecule has 1 unspecified atom stereocenters. The maximum atomic E-state index is 13.4. The number of ether oxygens (including phenoxy) is 1. The minimum Gasteiger partial charge on any atom is -0.385 e. The summed E-state index contributed by atoms with van der Waals surface area (Å²) in [6.07, 6.45) is -0.770. The number of nitrogens with zero attached hydrogens (tertiary/aromatic N) is 1. The molecule has 0 aromatic heterocycles. The Bertz CT molecular complexity index is 878. The van der Waals surface area contributed by atoms with Crippen molar-refractivity contribution in [3.05, 3.63) is 59.7 Å². The van der Waals surface area contributed by atoms with Gasteiger partial charge in [0.15, 0.2) is 0 Å². The summed E-state index contributed by atoms with van der Waals surface area (Å²) >= 11 is 0. The standard InChI is InChI=1S/C21H28N2O4S/c1-17-6-8-21(9-7-17)28(25,26)23(19-5-3-4-18(2)14-19)16-20(24)15-22-10-12-27-13-11-22/h3-9,14,20,24H,10-13,15-16H2,1-2H3/p+1. The predicted molar refractivity (Wildman–Crippen MR) is 109 cm³/mol. The second-order valence-corrected chi connectivity index (χ2v) is 9.27. The number of aliphatic hydroxyl groups is 1. The molecule has 2 N–H and O–H groups in total. The van der Waals surface area contributed by atoms with Crippen LogP contribution in [0.1, 0.15) is 11.1 Å². The van der Waals surface area contributed by atoms with Crippen LogP contribution in [0.15, 0.2) is 53.4 Å². The fraction of sp³-hybridized carbons (Fsp3) is 0.429. The summed E-state index contributed by atoms with van der Waals surface area (Å²) in [6.45, 7) is 7.35. The minimum atomic E-state index is -3.78. The number of sulfonamides is 1. The van der Waals surface area contributed by atoms with Crippen LogP contribution < -0.4 is 9.21 Å². The Balaban J connectivity index is 1.87. The van der Waals surface area contributed by atoms with Gasteiger partial charge in [-0.05, 0) is 43.7 Å². The highest BCUT2D eigenvalue weighted by Crippen LogP contribution is 2.25. The summed E-state index contributed by atoms with van der Waals surface area (Å²) in [4.78, 5) is 1.46. The maximum Gasteiger partial charge on any atom is 0.264 e. The molecule has 28 heavy (non-hydrogen) atoms. The molecule has 1 atom stereocenters. The number of nitrogens with one attached hydrogen (secondary N) is 1. The van der Waals surface area contributed by atoms with Gasteiger partial charge in [0.1, 0.15) is 25.7 Å². The SMILES string of the molecule is Cc1ccc(S(=O)(=O)N(CC(O)C[NH+]2CCOCC2)c2cccc(C)c2)cc1. The van der Waals surface area contributed by atoms with Crippen LogP contribution >= 0.6 is 0 Å². The summed E-state index contributed by atoms with van der Waals surface area (Å²) in [5, 5.41) is 10.7. The third kappa shape index (κ3) is 5.11. The lowest BCUT2D eigenvalue weighted by Crippen LogP contribution is -3.15. The molecule has 0 spiro atoms. The Morgan fingerprint density at radius 3 is 2.39 bits per heavy atom. The first kappa shape index (κ1) is 20.8. The van der Waals surface area contributed by atoms with E-state index in [-0.39, 0.29) is 11.4 Å². The Kier molecular flexibility index (Phi) is 6.72. The van der Waals surface area contributed by atoms with Crippen LogP contribution in [-0.2, 0) is 14.8 Å². The van der Waals surface area contributed by atoms with Crippen molar-refractivity contribution >= 4 is 15.7 Å². The number of quaternary nitrogens is 1. The molecule has 152 valence electrons. The van der Waals surface area contributed by atoms with Crippen molar-refractivity contribution in [3.63, 3.8) is 0 Å². The zero-order valence-corrected chi connectivity index (χ0v) is 17.3. The number of anilines is 1. The maximum absolute atomic E-state index is 13.4. The fourth-order valence-corrected chi connectivity index (χ4v) is 4.91. The Morgan fingerprint density at radius 1 is 1.07 bits per heavy atom. The van der Waals surface area contributed by atoms with Gasteiger partial charge in [-0.15, -0.1) is 0 Å². The number of hydrogen-bond donors (Lipinski definition) is 2. The van der Waals surface area contributed by atoms with E-state index in [9.17, 15) is 13.5 Å². The lowest BCUT2D eigenvalue weighted by atomic mass is 10.2. The number of morpholine rings is 1. The van der Waals surface area contributed by atoms with Crippen molar-refractivity contribution in [1.29, 1.82) is 0 Å². The van der Waals surface area contributed by atoms with Crippen LogP contribution in [0.25, 0.3) is 0 Å². The molecular weight excluding hydrogens is 376 g/mol. The molecule has 0 aliphatic carbocycles. The molecule has 7 heteroatoms. The number of rotatable bonds is 7. The molecular formula is C21H29N2O4S+. The van der Waals surface area contributed by atoms with Gasteiger partial charge in [-0.25, -0.2) is 8.42 Å². The first-order chi connectivity index (χ1) is 13.4. The fourth-order valence-electron chi connectivity index (χ4n) is 3.42. The van der Waals surface area contributed by atoms with Crippen molar-refractivity contribution in [2.24, 2.45) is 0 Å². The molecule has 1 fully saturated rings. The number of hydrogen-bond acceptors (Lipinski definition) is 4. The topological polar surface area (TPSA) is 71.3 Å². The second kappa shape index (κ2) is 9.05. The molecule has 6 nitrogen and oxygen atoms in total. The smallest absolute Gasteiger partial charge is 0.264 e. The average Bonchev–Trinajstić information content (AvgIpc) is 2.67. The van der Waals surface area contributed by atoms with E-state index in [0.29, 0.717) is 25.4 Å². The Morgan fingerprint density at radius 2 is 1.75 bits per heavy atom. The van der Waals surface area contributed by atoms with E-state index < -0.39 is 16.1 Å². The quantitative estimate of drug-likeness (QED) is 0.714. The van der Waals surface area contributed by atoms with Gasteiger partial charge in [0.25, 0.3) is 10.0 Å². The van der Waals surface area contributed by atoms with Gasteiger partial charge in [-0.1, -0.05) is 29.8 Å². The molecule has 0 radical (unpaired) electrons. The first-order valence-corrected chi connectivity index (χ1v) is 11.1. The summed E-state index contributed by atoms with van der Waals surface area (Å²) in [5.41, 5.74) is 2.53. The summed E-state index contributed by atoms with van der Waals surface area (Å²) in [7, 11) is -3.78. The first-order valence-electron chi connectivity index (χ1n) is 9.62. The van der Waals surface area contributed by atoms with E-state index in [1.54, 1.807) is 30.3 Å². The Labute approximate surface area is 167 Å². The van der Waals surface area contributed by atoms with Gasteiger partial charge in [-0.2, -0.15) is 0 Å². The minimum absolute atomic E-state index is 0.0179.